The fraction of sp³-hybridized carbons (Fsp3) is 0.545. The molecule has 0 saturated carbocycles. The number of nitrogen functional groups attached to an aromatic ring is 1. The first-order valence-corrected chi connectivity index (χ1v) is 5.47. The molecule has 0 amide bonds. The predicted molar refractivity (Wildman–Crippen MR) is 62.3 cm³/mol. The molecular weight excluding hydrogens is 206 g/mol. The number of ether oxygens (including phenoxy) is 1. The number of nitrogens with zero attached hydrogens (tertiary/aromatic N) is 2. The van der Waals surface area contributed by atoms with E-state index in [4.69, 9.17) is 10.5 Å². The van der Waals surface area contributed by atoms with Crippen molar-refractivity contribution in [2.24, 2.45) is 0 Å². The van der Waals surface area contributed by atoms with Gasteiger partial charge in [0.25, 0.3) is 0 Å². The van der Waals surface area contributed by atoms with E-state index < -0.39 is 6.10 Å². The second-order valence-electron chi connectivity index (χ2n) is 3.92. The Morgan fingerprint density at radius 2 is 2.38 bits per heavy atom. The molecule has 1 fully saturated rings. The van der Waals surface area contributed by atoms with Crippen molar-refractivity contribution < 1.29 is 9.84 Å². The van der Waals surface area contributed by atoms with Gasteiger partial charge in [-0.05, 0) is 19.1 Å². The van der Waals surface area contributed by atoms with Gasteiger partial charge in [-0.25, -0.2) is 4.98 Å². The second kappa shape index (κ2) is 4.67. The number of β-amino-alcohol motifs (C(OH)–C–C–N with tert-alkyl or cyclic N) is 1. The molecule has 0 radical (unpaired) electrons. The average Bonchev–Trinajstić information content (AvgIpc) is 2.62. The van der Waals surface area contributed by atoms with Gasteiger partial charge >= 0.3 is 0 Å². The molecule has 1 aromatic heterocycles. The van der Waals surface area contributed by atoms with E-state index in [0.29, 0.717) is 25.4 Å². The van der Waals surface area contributed by atoms with Crippen molar-refractivity contribution in [2.45, 2.75) is 19.1 Å². The lowest BCUT2D eigenvalue weighted by Gasteiger charge is -2.16. The van der Waals surface area contributed by atoms with Gasteiger partial charge in [0.05, 0.1) is 18.0 Å². The molecule has 2 atom stereocenters. The Morgan fingerprint density at radius 1 is 1.56 bits per heavy atom. The van der Waals surface area contributed by atoms with Crippen LogP contribution in [0.1, 0.15) is 6.92 Å². The summed E-state index contributed by atoms with van der Waals surface area (Å²) in [7, 11) is 0. The number of nitrogens with two attached hydrogens (primary N) is 1. The molecule has 3 N–H and O–H groups in total. The van der Waals surface area contributed by atoms with E-state index in [-0.39, 0.29) is 6.10 Å². The Kier molecular flexibility index (Phi) is 3.26. The van der Waals surface area contributed by atoms with Gasteiger partial charge in [0.15, 0.2) is 0 Å². The molecule has 1 aliphatic heterocycles. The molecule has 2 rings (SSSR count). The van der Waals surface area contributed by atoms with Crippen LogP contribution in [0.25, 0.3) is 0 Å². The van der Waals surface area contributed by atoms with Crippen molar-refractivity contribution in [2.75, 3.05) is 30.3 Å². The molecule has 16 heavy (non-hydrogen) atoms. The van der Waals surface area contributed by atoms with Crippen molar-refractivity contribution in [3.63, 3.8) is 0 Å². The van der Waals surface area contributed by atoms with E-state index in [2.05, 4.69) is 4.98 Å². The number of hydrogen-bond donors (Lipinski definition) is 2. The van der Waals surface area contributed by atoms with Crippen LogP contribution in [-0.4, -0.2) is 42.0 Å². The van der Waals surface area contributed by atoms with Gasteiger partial charge in [0.1, 0.15) is 11.9 Å². The lowest BCUT2D eigenvalue weighted by molar-refractivity contribution is -0.00189. The number of aliphatic hydroxyl groups excluding tert-OH is 1. The van der Waals surface area contributed by atoms with Crippen LogP contribution in [0.15, 0.2) is 18.3 Å². The molecule has 5 nitrogen and oxygen atoms in total. The lowest BCUT2D eigenvalue weighted by Crippen LogP contribution is -2.26. The van der Waals surface area contributed by atoms with E-state index in [1.54, 1.807) is 6.20 Å². The third-order valence-corrected chi connectivity index (χ3v) is 2.71. The Bertz CT molecular complexity index is 342. The highest BCUT2D eigenvalue weighted by Crippen LogP contribution is 2.20. The maximum atomic E-state index is 9.79. The zero-order valence-electron chi connectivity index (χ0n) is 9.34. The first-order chi connectivity index (χ1) is 7.70. The van der Waals surface area contributed by atoms with Gasteiger partial charge in [-0.2, -0.15) is 0 Å². The van der Waals surface area contributed by atoms with Gasteiger partial charge in [0, 0.05) is 19.7 Å². The maximum absolute atomic E-state index is 9.79. The highest BCUT2D eigenvalue weighted by atomic mass is 16.5. The quantitative estimate of drug-likeness (QED) is 0.768. The normalized spacial score (nSPS) is 25.0. The summed E-state index contributed by atoms with van der Waals surface area (Å²) in [6.07, 6.45) is 1.05. The molecule has 0 spiro atoms. The van der Waals surface area contributed by atoms with Crippen LogP contribution in [0.5, 0.6) is 0 Å². The topological polar surface area (TPSA) is 71.6 Å². The van der Waals surface area contributed by atoms with Crippen molar-refractivity contribution in [3.05, 3.63) is 18.3 Å². The van der Waals surface area contributed by atoms with Crippen molar-refractivity contribution in [3.8, 4) is 0 Å². The maximum Gasteiger partial charge on any atom is 0.128 e. The summed E-state index contributed by atoms with van der Waals surface area (Å²) in [6.45, 7) is 3.77. The average molecular weight is 223 g/mol. The number of aromatic nitrogens is 1. The molecule has 0 aliphatic carbocycles. The molecule has 0 unspecified atom stereocenters. The molecule has 1 saturated heterocycles. The zero-order chi connectivity index (χ0) is 11.5. The summed E-state index contributed by atoms with van der Waals surface area (Å²) in [5.74, 6) is 0.829. The van der Waals surface area contributed by atoms with Gasteiger partial charge in [-0.3, -0.25) is 0 Å². The Morgan fingerprint density at radius 3 is 3.00 bits per heavy atom. The van der Waals surface area contributed by atoms with Gasteiger partial charge in [-0.1, -0.05) is 0 Å². The van der Waals surface area contributed by atoms with Crippen LogP contribution in [0.2, 0.25) is 0 Å². The molecule has 1 aliphatic rings. The van der Waals surface area contributed by atoms with Crippen molar-refractivity contribution in [1.82, 2.24) is 4.98 Å². The van der Waals surface area contributed by atoms with E-state index >= 15 is 0 Å². The number of rotatable bonds is 3. The number of hydrogen-bond acceptors (Lipinski definition) is 5. The second-order valence-corrected chi connectivity index (χ2v) is 3.92. The van der Waals surface area contributed by atoms with Crippen molar-refractivity contribution in [1.29, 1.82) is 0 Å². The predicted octanol–water partition coefficient (Wildman–Crippen LogP) is 0.250. The Hall–Kier alpha value is -1.33. The largest absolute Gasteiger partial charge is 0.397 e. The smallest absolute Gasteiger partial charge is 0.128 e. The Labute approximate surface area is 94.8 Å². The van der Waals surface area contributed by atoms with Gasteiger partial charge in [-0.15, -0.1) is 0 Å². The molecule has 1 aromatic rings. The standard InChI is InChI=1S/C11H17N3O2/c1-2-16-10-7-14(6-9(10)15)11-4-3-8(12)5-13-11/h3-5,9-10,15H,2,6-7,12H2,1H3/t9-,10-/m1/s1. The molecular formula is C11H17N3O2. The lowest BCUT2D eigenvalue weighted by atomic mass is 10.3. The molecule has 88 valence electrons. The SMILES string of the molecule is CCO[C@@H]1CN(c2ccc(N)cn2)C[C@H]1O. The highest BCUT2D eigenvalue weighted by molar-refractivity contribution is 5.46. The minimum Gasteiger partial charge on any atom is -0.397 e. The van der Waals surface area contributed by atoms with Crippen LogP contribution in [0.4, 0.5) is 11.5 Å². The van der Waals surface area contributed by atoms with Gasteiger partial charge in [0.2, 0.25) is 0 Å². The first kappa shape index (κ1) is 11.2. The zero-order valence-corrected chi connectivity index (χ0v) is 9.34. The molecule has 2 heterocycles. The molecule has 0 aromatic carbocycles. The third kappa shape index (κ3) is 2.25. The Balaban J connectivity index is 2.04. The summed E-state index contributed by atoms with van der Waals surface area (Å²) in [6, 6.07) is 3.67. The van der Waals surface area contributed by atoms with Crippen LogP contribution in [0, 0.1) is 0 Å². The van der Waals surface area contributed by atoms with Crippen LogP contribution < -0.4 is 10.6 Å². The number of pyridine rings is 1. The minimum absolute atomic E-state index is 0.121. The monoisotopic (exact) mass is 223 g/mol. The van der Waals surface area contributed by atoms with E-state index in [0.717, 1.165) is 5.82 Å². The fourth-order valence-electron chi connectivity index (χ4n) is 1.91. The van der Waals surface area contributed by atoms with E-state index in [1.807, 2.05) is 24.0 Å². The summed E-state index contributed by atoms with van der Waals surface area (Å²) in [4.78, 5) is 6.23. The summed E-state index contributed by atoms with van der Waals surface area (Å²) in [5.41, 5.74) is 6.22. The fourth-order valence-corrected chi connectivity index (χ4v) is 1.91. The number of aliphatic hydroxyl groups is 1. The van der Waals surface area contributed by atoms with Crippen LogP contribution >= 0.6 is 0 Å². The minimum atomic E-state index is -0.445. The summed E-state index contributed by atoms with van der Waals surface area (Å²) >= 11 is 0. The van der Waals surface area contributed by atoms with Crippen LogP contribution in [-0.2, 0) is 4.74 Å². The molecule has 5 heteroatoms. The van der Waals surface area contributed by atoms with Crippen LogP contribution in [0.3, 0.4) is 0 Å². The highest BCUT2D eigenvalue weighted by Gasteiger charge is 2.32. The van der Waals surface area contributed by atoms with E-state index in [9.17, 15) is 5.11 Å². The van der Waals surface area contributed by atoms with E-state index in [1.165, 1.54) is 0 Å². The first-order valence-electron chi connectivity index (χ1n) is 5.47. The molecule has 0 bridgehead atoms. The summed E-state index contributed by atoms with van der Waals surface area (Å²) < 4.78 is 5.45. The van der Waals surface area contributed by atoms with Crippen molar-refractivity contribution >= 4 is 11.5 Å². The third-order valence-electron chi connectivity index (χ3n) is 2.71. The van der Waals surface area contributed by atoms with Gasteiger partial charge < -0.3 is 20.5 Å². The number of anilines is 2. The summed E-state index contributed by atoms with van der Waals surface area (Å²) in [5, 5.41) is 9.79.